The number of aromatic nitrogens is 2. The lowest BCUT2D eigenvalue weighted by Gasteiger charge is -2.11. The van der Waals surface area contributed by atoms with Crippen LogP contribution in [0.2, 0.25) is 0 Å². The second kappa shape index (κ2) is 8.00. The molecule has 2 aromatic heterocycles. The molecule has 0 fully saturated rings. The summed E-state index contributed by atoms with van der Waals surface area (Å²) in [5, 5.41) is 7.32. The molecule has 29 heavy (non-hydrogen) atoms. The Labute approximate surface area is 171 Å². The van der Waals surface area contributed by atoms with Gasteiger partial charge in [-0.05, 0) is 43.4 Å². The van der Waals surface area contributed by atoms with E-state index < -0.39 is 17.3 Å². The second-order valence-corrected chi connectivity index (χ2v) is 7.77. The number of esters is 1. The monoisotopic (exact) mass is 409 g/mol. The van der Waals surface area contributed by atoms with Gasteiger partial charge in [-0.15, -0.1) is 11.3 Å². The highest BCUT2D eigenvalue weighted by Gasteiger charge is 2.27. The molecular weight excluding hydrogens is 390 g/mol. The third-order valence-electron chi connectivity index (χ3n) is 4.83. The van der Waals surface area contributed by atoms with Crippen molar-refractivity contribution in [3.05, 3.63) is 74.5 Å². The number of carbonyl (C=O) groups excluding carboxylic acids is 2. The van der Waals surface area contributed by atoms with Crippen LogP contribution in [0.25, 0.3) is 5.69 Å². The van der Waals surface area contributed by atoms with Crippen molar-refractivity contribution in [1.82, 2.24) is 9.78 Å². The minimum atomic E-state index is -0.649. The van der Waals surface area contributed by atoms with E-state index in [4.69, 9.17) is 4.74 Å². The lowest BCUT2D eigenvalue weighted by molar-refractivity contribution is 0.0601. The third-order valence-corrected chi connectivity index (χ3v) is 6.04. The maximum atomic E-state index is 12.9. The molecule has 1 aliphatic carbocycles. The number of thiophene rings is 1. The van der Waals surface area contributed by atoms with Gasteiger partial charge in [0.1, 0.15) is 5.00 Å². The van der Waals surface area contributed by atoms with Gasteiger partial charge in [-0.3, -0.25) is 9.59 Å². The normalized spacial score (nSPS) is 12.9. The SMILES string of the molecule is COC(=O)c1c(NC(=O)c2nn(-c3ccccc3)ccc2=O)sc2c1CCCC2. The van der Waals surface area contributed by atoms with E-state index in [-0.39, 0.29) is 5.69 Å². The number of rotatable bonds is 4. The molecular formula is C21H19N3O4S. The fourth-order valence-corrected chi connectivity index (χ4v) is 4.70. The molecule has 0 unspecified atom stereocenters. The number of anilines is 1. The highest BCUT2D eigenvalue weighted by molar-refractivity contribution is 7.17. The van der Waals surface area contributed by atoms with E-state index in [9.17, 15) is 14.4 Å². The Bertz CT molecular complexity index is 1130. The quantitative estimate of drug-likeness (QED) is 0.668. The van der Waals surface area contributed by atoms with Gasteiger partial charge in [0, 0.05) is 17.1 Å². The summed E-state index contributed by atoms with van der Waals surface area (Å²) < 4.78 is 6.39. The van der Waals surface area contributed by atoms with Gasteiger partial charge in [0.25, 0.3) is 5.91 Å². The first kappa shape index (κ1) is 19.1. The number of fused-ring (bicyclic) bond motifs is 1. The van der Waals surface area contributed by atoms with E-state index in [1.807, 2.05) is 30.3 Å². The van der Waals surface area contributed by atoms with E-state index in [0.29, 0.717) is 10.6 Å². The Morgan fingerprint density at radius 3 is 2.66 bits per heavy atom. The number of hydrogen-bond donors (Lipinski definition) is 1. The molecule has 148 valence electrons. The summed E-state index contributed by atoms with van der Waals surface area (Å²) in [6.07, 6.45) is 5.19. The minimum Gasteiger partial charge on any atom is -0.465 e. The van der Waals surface area contributed by atoms with Crippen LogP contribution in [-0.4, -0.2) is 28.8 Å². The first-order valence-electron chi connectivity index (χ1n) is 9.28. The van der Waals surface area contributed by atoms with Gasteiger partial charge in [0.15, 0.2) is 5.69 Å². The summed E-state index contributed by atoms with van der Waals surface area (Å²) in [7, 11) is 1.32. The van der Waals surface area contributed by atoms with E-state index in [2.05, 4.69) is 10.4 Å². The van der Waals surface area contributed by atoms with E-state index in [1.165, 1.54) is 35.4 Å². The van der Waals surface area contributed by atoms with E-state index in [1.54, 1.807) is 0 Å². The minimum absolute atomic E-state index is 0.237. The van der Waals surface area contributed by atoms with Crippen LogP contribution >= 0.6 is 11.3 Å². The topological polar surface area (TPSA) is 90.3 Å². The molecule has 1 N–H and O–H groups in total. The summed E-state index contributed by atoms with van der Waals surface area (Å²) in [6.45, 7) is 0. The van der Waals surface area contributed by atoms with Crippen LogP contribution in [0.4, 0.5) is 5.00 Å². The molecule has 0 saturated heterocycles. The van der Waals surface area contributed by atoms with Crippen LogP contribution < -0.4 is 10.7 Å². The van der Waals surface area contributed by atoms with Crippen LogP contribution in [0, 0.1) is 0 Å². The summed E-state index contributed by atoms with van der Waals surface area (Å²) in [6, 6.07) is 10.5. The molecule has 0 aliphatic heterocycles. The molecule has 1 aliphatic rings. The van der Waals surface area contributed by atoms with Crippen LogP contribution in [0.5, 0.6) is 0 Å². The summed E-state index contributed by atoms with van der Waals surface area (Å²) in [5.41, 5.74) is 1.32. The Morgan fingerprint density at radius 2 is 1.90 bits per heavy atom. The largest absolute Gasteiger partial charge is 0.465 e. The fourth-order valence-electron chi connectivity index (χ4n) is 3.42. The molecule has 3 aromatic rings. The van der Waals surface area contributed by atoms with Gasteiger partial charge in [0.2, 0.25) is 5.43 Å². The third kappa shape index (κ3) is 3.71. The lowest BCUT2D eigenvalue weighted by atomic mass is 9.95. The molecule has 0 bridgehead atoms. The number of amides is 1. The predicted octanol–water partition coefficient (Wildman–Crippen LogP) is 3.21. The number of benzene rings is 1. The van der Waals surface area contributed by atoms with Gasteiger partial charge < -0.3 is 10.1 Å². The average molecular weight is 409 g/mol. The summed E-state index contributed by atoms with van der Waals surface area (Å²) in [5.74, 6) is -1.13. The van der Waals surface area contributed by atoms with Gasteiger partial charge >= 0.3 is 5.97 Å². The second-order valence-electron chi connectivity index (χ2n) is 6.67. The zero-order valence-corrected chi connectivity index (χ0v) is 16.6. The van der Waals surface area contributed by atoms with Crippen molar-refractivity contribution in [2.24, 2.45) is 0 Å². The molecule has 0 atom stereocenters. The van der Waals surface area contributed by atoms with Crippen molar-refractivity contribution in [2.75, 3.05) is 12.4 Å². The zero-order valence-electron chi connectivity index (χ0n) is 15.8. The van der Waals surface area contributed by atoms with Crippen molar-refractivity contribution in [3.63, 3.8) is 0 Å². The van der Waals surface area contributed by atoms with Crippen molar-refractivity contribution >= 4 is 28.2 Å². The number of nitrogens with zero attached hydrogens (tertiary/aromatic N) is 2. The number of nitrogens with one attached hydrogen (secondary N) is 1. The molecule has 0 saturated carbocycles. The standard InChI is InChI=1S/C21H19N3O4S/c1-28-21(27)17-14-9-5-6-10-16(14)29-20(17)22-19(26)18-15(25)11-12-24(23-18)13-7-3-2-4-8-13/h2-4,7-8,11-12H,5-6,9-10H2,1H3,(H,22,26). The smallest absolute Gasteiger partial charge is 0.341 e. The molecule has 0 radical (unpaired) electrons. The number of carbonyl (C=O) groups is 2. The van der Waals surface area contributed by atoms with Gasteiger partial charge in [-0.1, -0.05) is 18.2 Å². The van der Waals surface area contributed by atoms with Crippen LogP contribution in [0.3, 0.4) is 0 Å². The first-order valence-corrected chi connectivity index (χ1v) is 10.1. The maximum Gasteiger partial charge on any atom is 0.341 e. The summed E-state index contributed by atoms with van der Waals surface area (Å²) >= 11 is 1.37. The lowest BCUT2D eigenvalue weighted by Crippen LogP contribution is -2.25. The molecule has 2 heterocycles. The van der Waals surface area contributed by atoms with E-state index >= 15 is 0 Å². The average Bonchev–Trinajstić information content (AvgIpc) is 3.11. The molecule has 4 rings (SSSR count). The van der Waals surface area contributed by atoms with Crippen LogP contribution in [0.15, 0.2) is 47.4 Å². The highest BCUT2D eigenvalue weighted by Crippen LogP contribution is 2.38. The van der Waals surface area contributed by atoms with Crippen LogP contribution in [-0.2, 0) is 17.6 Å². The number of methoxy groups -OCH3 is 1. The van der Waals surface area contributed by atoms with Crippen molar-refractivity contribution < 1.29 is 14.3 Å². The number of para-hydroxylation sites is 1. The fraction of sp³-hybridized carbons (Fsp3) is 0.238. The number of aryl methyl sites for hydroxylation is 1. The molecule has 0 spiro atoms. The Kier molecular flexibility index (Phi) is 5.26. The molecule has 1 amide bonds. The Balaban J connectivity index is 1.69. The van der Waals surface area contributed by atoms with Crippen LogP contribution in [0.1, 0.15) is 44.1 Å². The summed E-state index contributed by atoms with van der Waals surface area (Å²) in [4.78, 5) is 38.6. The zero-order chi connectivity index (χ0) is 20.4. The number of hydrogen-bond acceptors (Lipinski definition) is 6. The van der Waals surface area contributed by atoms with Gasteiger partial charge in [-0.2, -0.15) is 5.10 Å². The Hall–Kier alpha value is -3.26. The predicted molar refractivity (Wildman–Crippen MR) is 110 cm³/mol. The molecule has 8 heteroatoms. The maximum absolute atomic E-state index is 12.9. The first-order chi connectivity index (χ1) is 14.1. The van der Waals surface area contributed by atoms with E-state index in [0.717, 1.165) is 41.8 Å². The van der Waals surface area contributed by atoms with Crippen molar-refractivity contribution in [2.45, 2.75) is 25.7 Å². The molecule has 1 aromatic carbocycles. The van der Waals surface area contributed by atoms with Crippen molar-refractivity contribution in [1.29, 1.82) is 0 Å². The molecule has 7 nitrogen and oxygen atoms in total. The van der Waals surface area contributed by atoms with Crippen molar-refractivity contribution in [3.8, 4) is 5.69 Å². The number of ether oxygens (including phenoxy) is 1. The Morgan fingerprint density at radius 1 is 1.14 bits per heavy atom. The highest BCUT2D eigenvalue weighted by atomic mass is 32.1. The van der Waals surface area contributed by atoms with Gasteiger partial charge in [-0.25, -0.2) is 9.48 Å². The van der Waals surface area contributed by atoms with Gasteiger partial charge in [0.05, 0.1) is 18.4 Å².